The molecule has 0 fully saturated rings. The average molecular weight is 646 g/mol. The Morgan fingerprint density at radius 2 is 1.38 bits per heavy atom. The van der Waals surface area contributed by atoms with E-state index in [9.17, 15) is 9.59 Å². The van der Waals surface area contributed by atoms with Crippen molar-refractivity contribution in [3.05, 3.63) is 83.4 Å². The second kappa shape index (κ2) is 16.4. The minimum absolute atomic E-state index is 0.162. The SMILES string of the molecule is CCC(=C(c1ccc(OCOC(=O)C(C)(C)C)cc1)c1ccc(OCC(CN(CC)CC)OC(C)=O)cc1)c1ccc2c(c1)OCO2. The number of carbonyl (C=O) groups is 2. The highest BCUT2D eigenvalue weighted by Crippen LogP contribution is 2.40. The molecule has 0 N–H and O–H groups in total. The van der Waals surface area contributed by atoms with Crippen molar-refractivity contribution in [1.82, 2.24) is 4.90 Å². The average Bonchev–Trinajstić information content (AvgIpc) is 3.53. The summed E-state index contributed by atoms with van der Waals surface area (Å²) in [7, 11) is 0. The molecule has 3 aromatic carbocycles. The Kier molecular flexibility index (Phi) is 12.3. The number of hydrogen-bond acceptors (Lipinski definition) is 9. The molecule has 1 aliphatic heterocycles. The molecule has 0 aromatic heterocycles. The fourth-order valence-electron chi connectivity index (χ4n) is 5.25. The number of hydrogen-bond donors (Lipinski definition) is 0. The summed E-state index contributed by atoms with van der Waals surface area (Å²) in [5.74, 6) is 2.07. The van der Waals surface area contributed by atoms with Crippen LogP contribution >= 0.6 is 0 Å². The summed E-state index contributed by atoms with van der Waals surface area (Å²) in [6, 6.07) is 21.7. The normalized spacial score (nSPS) is 13.5. The quantitative estimate of drug-likeness (QED) is 0.0955. The number of allylic oxidation sites excluding steroid dienone is 1. The number of likely N-dealkylation sites (N-methyl/N-ethyl adjacent to an activating group) is 1. The van der Waals surface area contributed by atoms with Gasteiger partial charge in [0.2, 0.25) is 13.6 Å². The van der Waals surface area contributed by atoms with Crippen LogP contribution in [0.2, 0.25) is 0 Å². The molecule has 3 aromatic rings. The van der Waals surface area contributed by atoms with Crippen LogP contribution in [0.3, 0.4) is 0 Å². The van der Waals surface area contributed by atoms with Gasteiger partial charge in [-0.25, -0.2) is 0 Å². The summed E-state index contributed by atoms with van der Waals surface area (Å²) in [5.41, 5.74) is 4.58. The Bertz CT molecular complexity index is 1520. The predicted molar refractivity (Wildman–Crippen MR) is 182 cm³/mol. The molecule has 0 radical (unpaired) electrons. The van der Waals surface area contributed by atoms with Gasteiger partial charge in [0.05, 0.1) is 5.41 Å². The summed E-state index contributed by atoms with van der Waals surface area (Å²) < 4.78 is 33.9. The van der Waals surface area contributed by atoms with Crippen molar-refractivity contribution in [2.45, 2.75) is 61.0 Å². The Morgan fingerprint density at radius 3 is 1.94 bits per heavy atom. The second-order valence-corrected chi connectivity index (χ2v) is 12.3. The molecule has 1 aliphatic rings. The fraction of sp³-hybridized carbons (Fsp3) is 0.421. The highest BCUT2D eigenvalue weighted by molar-refractivity contribution is 5.99. The molecule has 0 saturated carbocycles. The van der Waals surface area contributed by atoms with Crippen molar-refractivity contribution in [3.63, 3.8) is 0 Å². The Hall–Kier alpha value is -4.50. The number of carbonyl (C=O) groups excluding carboxylic acids is 2. The van der Waals surface area contributed by atoms with Gasteiger partial charge in [-0.1, -0.05) is 51.1 Å². The van der Waals surface area contributed by atoms with E-state index in [1.807, 2.05) is 60.7 Å². The first-order chi connectivity index (χ1) is 22.5. The molecule has 4 rings (SSSR count). The molecule has 0 amide bonds. The van der Waals surface area contributed by atoms with Crippen molar-refractivity contribution in [1.29, 1.82) is 0 Å². The van der Waals surface area contributed by atoms with Gasteiger partial charge >= 0.3 is 11.9 Å². The van der Waals surface area contributed by atoms with Gasteiger partial charge in [-0.2, -0.15) is 0 Å². The van der Waals surface area contributed by atoms with Gasteiger partial charge in [-0.15, -0.1) is 0 Å². The lowest BCUT2D eigenvalue weighted by atomic mass is 9.88. The molecule has 1 heterocycles. The number of nitrogens with zero attached hydrogens (tertiary/aromatic N) is 1. The number of esters is 2. The number of rotatable bonds is 15. The molecule has 1 atom stereocenters. The van der Waals surface area contributed by atoms with Crippen LogP contribution in [0.5, 0.6) is 23.0 Å². The topological polar surface area (TPSA) is 92.8 Å². The summed E-state index contributed by atoms with van der Waals surface area (Å²) in [6.45, 7) is 15.7. The number of fused-ring (bicyclic) bond motifs is 1. The highest BCUT2D eigenvalue weighted by Gasteiger charge is 2.23. The predicted octanol–water partition coefficient (Wildman–Crippen LogP) is 7.36. The number of ether oxygens (including phenoxy) is 6. The van der Waals surface area contributed by atoms with Gasteiger partial charge in [0.25, 0.3) is 0 Å². The standard InChI is InChI=1S/C38H47NO8/c1-8-33(29-15-20-34-35(21-29)45-25-44-34)36(28-13-18-31(19-14-28)43-24-46-37(41)38(5,6)7)27-11-16-30(17-12-27)42-23-32(47-26(4)40)22-39(9-2)10-3/h11-21,32H,8-10,22-25H2,1-7H3. The zero-order valence-electron chi connectivity index (χ0n) is 28.6. The van der Waals surface area contributed by atoms with Crippen LogP contribution in [-0.2, 0) is 19.1 Å². The Labute approximate surface area is 278 Å². The first-order valence-corrected chi connectivity index (χ1v) is 16.2. The van der Waals surface area contributed by atoms with Crippen LogP contribution in [-0.4, -0.2) is 62.8 Å². The van der Waals surface area contributed by atoms with Gasteiger partial charge in [-0.3, -0.25) is 9.59 Å². The maximum absolute atomic E-state index is 12.1. The second-order valence-electron chi connectivity index (χ2n) is 12.3. The van der Waals surface area contributed by atoms with E-state index in [1.54, 1.807) is 20.8 Å². The van der Waals surface area contributed by atoms with Crippen LogP contribution < -0.4 is 18.9 Å². The van der Waals surface area contributed by atoms with E-state index in [-0.39, 0.29) is 38.2 Å². The lowest BCUT2D eigenvalue weighted by Crippen LogP contribution is -2.38. The molecule has 1 unspecified atom stereocenters. The van der Waals surface area contributed by atoms with E-state index in [4.69, 9.17) is 28.4 Å². The van der Waals surface area contributed by atoms with E-state index in [0.29, 0.717) is 18.0 Å². The fourth-order valence-corrected chi connectivity index (χ4v) is 5.25. The van der Waals surface area contributed by atoms with Crippen molar-refractivity contribution in [2.24, 2.45) is 5.41 Å². The third-order valence-corrected chi connectivity index (χ3v) is 7.82. The summed E-state index contributed by atoms with van der Waals surface area (Å²) in [5, 5.41) is 0. The minimum Gasteiger partial charge on any atom is -0.490 e. The molecule has 47 heavy (non-hydrogen) atoms. The van der Waals surface area contributed by atoms with Crippen molar-refractivity contribution in [2.75, 3.05) is 39.8 Å². The maximum atomic E-state index is 12.1. The zero-order valence-corrected chi connectivity index (χ0v) is 28.6. The van der Waals surface area contributed by atoms with E-state index < -0.39 is 5.41 Å². The van der Waals surface area contributed by atoms with Gasteiger partial charge in [0.1, 0.15) is 24.2 Å². The minimum atomic E-state index is -0.603. The lowest BCUT2D eigenvalue weighted by molar-refractivity contribution is -0.159. The molecular weight excluding hydrogens is 598 g/mol. The Balaban J connectivity index is 1.61. The van der Waals surface area contributed by atoms with Crippen LogP contribution in [0.4, 0.5) is 0 Å². The van der Waals surface area contributed by atoms with Crippen molar-refractivity contribution < 1.29 is 38.0 Å². The van der Waals surface area contributed by atoms with Crippen LogP contribution in [0, 0.1) is 5.41 Å². The van der Waals surface area contributed by atoms with E-state index in [1.165, 1.54) is 6.92 Å². The smallest absolute Gasteiger partial charge is 0.314 e. The van der Waals surface area contributed by atoms with Crippen LogP contribution in [0.15, 0.2) is 66.7 Å². The number of benzene rings is 3. The third kappa shape index (κ3) is 9.75. The molecule has 0 aliphatic carbocycles. The first-order valence-electron chi connectivity index (χ1n) is 16.2. The maximum Gasteiger partial charge on any atom is 0.314 e. The van der Waals surface area contributed by atoms with E-state index in [0.717, 1.165) is 58.8 Å². The Morgan fingerprint density at radius 1 is 0.809 bits per heavy atom. The van der Waals surface area contributed by atoms with Gasteiger partial charge < -0.3 is 33.3 Å². The molecule has 0 saturated heterocycles. The zero-order chi connectivity index (χ0) is 34.0. The summed E-state index contributed by atoms with van der Waals surface area (Å²) >= 11 is 0. The van der Waals surface area contributed by atoms with E-state index in [2.05, 4.69) is 31.7 Å². The van der Waals surface area contributed by atoms with E-state index >= 15 is 0 Å². The summed E-state index contributed by atoms with van der Waals surface area (Å²) in [4.78, 5) is 26.1. The molecule has 0 bridgehead atoms. The van der Waals surface area contributed by atoms with Crippen molar-refractivity contribution in [3.8, 4) is 23.0 Å². The lowest BCUT2D eigenvalue weighted by Gasteiger charge is -2.25. The molecule has 9 heteroatoms. The van der Waals surface area contributed by atoms with Crippen LogP contribution in [0.25, 0.3) is 11.1 Å². The summed E-state index contributed by atoms with van der Waals surface area (Å²) in [6.07, 6.45) is 0.377. The van der Waals surface area contributed by atoms with Gasteiger partial charge in [-0.05, 0) is 105 Å². The van der Waals surface area contributed by atoms with Gasteiger partial charge in [0.15, 0.2) is 11.5 Å². The van der Waals surface area contributed by atoms with Crippen LogP contribution in [0.1, 0.15) is 71.6 Å². The third-order valence-electron chi connectivity index (χ3n) is 7.82. The largest absolute Gasteiger partial charge is 0.490 e. The molecular formula is C38H47NO8. The molecule has 252 valence electrons. The van der Waals surface area contributed by atoms with Gasteiger partial charge in [0, 0.05) is 13.5 Å². The molecule has 9 nitrogen and oxygen atoms in total. The highest BCUT2D eigenvalue weighted by atomic mass is 16.7. The molecule has 0 spiro atoms. The monoisotopic (exact) mass is 645 g/mol. The first kappa shape index (κ1) is 35.4. The van der Waals surface area contributed by atoms with Crippen molar-refractivity contribution >= 4 is 23.1 Å².